The normalized spacial score (nSPS) is 15.9. The van der Waals surface area contributed by atoms with E-state index in [9.17, 15) is 8.78 Å². The molecule has 4 nitrogen and oxygen atoms in total. The van der Waals surface area contributed by atoms with Crippen molar-refractivity contribution in [2.45, 2.75) is 31.7 Å². The van der Waals surface area contributed by atoms with Gasteiger partial charge in [-0.3, -0.25) is 0 Å². The molecule has 1 heterocycles. The third kappa shape index (κ3) is 1.45. The van der Waals surface area contributed by atoms with Gasteiger partial charge in [0.25, 0.3) is 6.43 Å². The SMILES string of the molecule is N#CCc1nnn(C2CC2)c1C(F)F. The van der Waals surface area contributed by atoms with E-state index in [0.29, 0.717) is 0 Å². The molecule has 1 fully saturated rings. The molecule has 0 aliphatic heterocycles. The van der Waals surface area contributed by atoms with Gasteiger partial charge in [0.2, 0.25) is 0 Å². The number of nitriles is 1. The quantitative estimate of drug-likeness (QED) is 0.741. The minimum Gasteiger partial charge on any atom is -0.240 e. The first-order valence-electron chi connectivity index (χ1n) is 4.33. The maximum atomic E-state index is 12.6. The number of rotatable bonds is 3. The Bertz CT molecular complexity index is 375. The summed E-state index contributed by atoms with van der Waals surface area (Å²) < 4.78 is 26.5. The Morgan fingerprint density at radius 3 is 2.79 bits per heavy atom. The first kappa shape index (κ1) is 9.06. The van der Waals surface area contributed by atoms with Crippen LogP contribution >= 0.6 is 0 Å². The number of aromatic nitrogens is 3. The molecule has 0 atom stereocenters. The summed E-state index contributed by atoms with van der Waals surface area (Å²) in [6.07, 6.45) is -0.967. The van der Waals surface area contributed by atoms with Crippen LogP contribution in [-0.4, -0.2) is 15.0 Å². The van der Waals surface area contributed by atoms with Crippen molar-refractivity contribution in [1.82, 2.24) is 15.0 Å². The van der Waals surface area contributed by atoms with E-state index in [1.807, 2.05) is 0 Å². The lowest BCUT2D eigenvalue weighted by atomic mass is 10.2. The molecule has 0 radical (unpaired) electrons. The fourth-order valence-corrected chi connectivity index (χ4v) is 1.35. The minimum atomic E-state index is -2.60. The molecule has 1 aliphatic carbocycles. The van der Waals surface area contributed by atoms with Crippen LogP contribution in [0.3, 0.4) is 0 Å². The van der Waals surface area contributed by atoms with E-state index >= 15 is 0 Å². The predicted molar refractivity (Wildman–Crippen MR) is 42.6 cm³/mol. The van der Waals surface area contributed by atoms with Crippen molar-refractivity contribution in [1.29, 1.82) is 5.26 Å². The number of hydrogen-bond acceptors (Lipinski definition) is 3. The molecule has 1 aliphatic rings. The standard InChI is InChI=1S/C8H8F2N4/c9-8(10)7-6(3-4-11)12-13-14(7)5-1-2-5/h5,8H,1-3H2. The second-order valence-electron chi connectivity index (χ2n) is 3.23. The van der Waals surface area contributed by atoms with Gasteiger partial charge in [-0.05, 0) is 12.8 Å². The molecule has 1 saturated carbocycles. The Morgan fingerprint density at radius 2 is 2.29 bits per heavy atom. The van der Waals surface area contributed by atoms with Gasteiger partial charge in [-0.15, -0.1) is 5.10 Å². The highest BCUT2D eigenvalue weighted by Gasteiger charge is 2.32. The van der Waals surface area contributed by atoms with Crippen molar-refractivity contribution >= 4 is 0 Å². The van der Waals surface area contributed by atoms with Gasteiger partial charge in [0.15, 0.2) is 0 Å². The van der Waals surface area contributed by atoms with Crippen LogP contribution in [0.4, 0.5) is 8.78 Å². The predicted octanol–water partition coefficient (Wildman–Crippen LogP) is 1.62. The average Bonchev–Trinajstić information content (AvgIpc) is 2.88. The maximum Gasteiger partial charge on any atom is 0.281 e. The molecule has 0 unspecified atom stereocenters. The third-order valence-corrected chi connectivity index (χ3v) is 2.15. The lowest BCUT2D eigenvalue weighted by Crippen LogP contribution is -2.04. The third-order valence-electron chi connectivity index (χ3n) is 2.15. The van der Waals surface area contributed by atoms with Crippen molar-refractivity contribution < 1.29 is 8.78 Å². The van der Waals surface area contributed by atoms with Gasteiger partial charge >= 0.3 is 0 Å². The molecule has 0 spiro atoms. The van der Waals surface area contributed by atoms with E-state index in [-0.39, 0.29) is 23.9 Å². The van der Waals surface area contributed by atoms with Gasteiger partial charge in [-0.1, -0.05) is 5.21 Å². The van der Waals surface area contributed by atoms with Crippen LogP contribution in [-0.2, 0) is 6.42 Å². The van der Waals surface area contributed by atoms with Gasteiger partial charge in [0.1, 0.15) is 11.4 Å². The van der Waals surface area contributed by atoms with E-state index < -0.39 is 6.43 Å². The van der Waals surface area contributed by atoms with Crippen LogP contribution in [0.15, 0.2) is 0 Å². The second kappa shape index (κ2) is 3.33. The molecule has 74 valence electrons. The second-order valence-corrected chi connectivity index (χ2v) is 3.23. The molecule has 0 aromatic carbocycles. The molecule has 0 N–H and O–H groups in total. The Balaban J connectivity index is 2.36. The molecule has 14 heavy (non-hydrogen) atoms. The van der Waals surface area contributed by atoms with E-state index in [1.54, 1.807) is 6.07 Å². The topological polar surface area (TPSA) is 54.5 Å². The summed E-state index contributed by atoms with van der Waals surface area (Å²) >= 11 is 0. The highest BCUT2D eigenvalue weighted by atomic mass is 19.3. The fraction of sp³-hybridized carbons (Fsp3) is 0.625. The summed E-state index contributed by atoms with van der Waals surface area (Å²) in [6, 6.07) is 1.87. The summed E-state index contributed by atoms with van der Waals surface area (Å²) in [5, 5.41) is 15.7. The van der Waals surface area contributed by atoms with E-state index in [2.05, 4.69) is 10.3 Å². The van der Waals surface area contributed by atoms with Crippen molar-refractivity contribution in [3.8, 4) is 6.07 Å². The average molecular weight is 198 g/mol. The van der Waals surface area contributed by atoms with Crippen molar-refractivity contribution in [2.75, 3.05) is 0 Å². The smallest absolute Gasteiger partial charge is 0.240 e. The molecule has 0 amide bonds. The number of nitrogens with zero attached hydrogens (tertiary/aromatic N) is 4. The largest absolute Gasteiger partial charge is 0.281 e. The Labute approximate surface area is 79.1 Å². The van der Waals surface area contributed by atoms with Crippen LogP contribution < -0.4 is 0 Å². The van der Waals surface area contributed by atoms with Crippen LogP contribution in [0.25, 0.3) is 0 Å². The first-order valence-corrected chi connectivity index (χ1v) is 4.33. The molecular formula is C8H8F2N4. The van der Waals surface area contributed by atoms with E-state index in [1.165, 1.54) is 4.68 Å². The van der Waals surface area contributed by atoms with E-state index in [0.717, 1.165) is 12.8 Å². The molecule has 0 bridgehead atoms. The van der Waals surface area contributed by atoms with Crippen LogP contribution in [0, 0.1) is 11.3 Å². The van der Waals surface area contributed by atoms with Gasteiger partial charge in [-0.25, -0.2) is 13.5 Å². The summed E-state index contributed by atoms with van der Waals surface area (Å²) in [5.74, 6) is 0. The molecule has 6 heteroatoms. The van der Waals surface area contributed by atoms with Gasteiger partial charge in [0, 0.05) is 0 Å². The zero-order valence-electron chi connectivity index (χ0n) is 7.32. The molecule has 0 saturated heterocycles. The number of halogens is 2. The zero-order chi connectivity index (χ0) is 10.1. The van der Waals surface area contributed by atoms with Gasteiger partial charge < -0.3 is 0 Å². The van der Waals surface area contributed by atoms with Crippen molar-refractivity contribution in [2.24, 2.45) is 0 Å². The number of hydrogen-bond donors (Lipinski definition) is 0. The lowest BCUT2D eigenvalue weighted by Gasteiger charge is -2.03. The van der Waals surface area contributed by atoms with Crippen molar-refractivity contribution in [3.63, 3.8) is 0 Å². The monoisotopic (exact) mass is 198 g/mol. The Morgan fingerprint density at radius 1 is 1.57 bits per heavy atom. The summed E-state index contributed by atoms with van der Waals surface area (Å²) in [7, 11) is 0. The first-order chi connectivity index (χ1) is 6.74. The molecule has 1 aromatic rings. The van der Waals surface area contributed by atoms with Crippen LogP contribution in [0.1, 0.15) is 36.7 Å². The van der Waals surface area contributed by atoms with E-state index in [4.69, 9.17) is 5.26 Å². The summed E-state index contributed by atoms with van der Waals surface area (Å²) in [5.41, 5.74) is -0.0801. The highest BCUT2D eigenvalue weighted by Crippen LogP contribution is 2.37. The van der Waals surface area contributed by atoms with Crippen LogP contribution in [0.5, 0.6) is 0 Å². The minimum absolute atomic E-state index is 0.0685. The molecule has 2 rings (SSSR count). The maximum absolute atomic E-state index is 12.6. The van der Waals surface area contributed by atoms with Gasteiger partial charge in [0.05, 0.1) is 18.5 Å². The summed E-state index contributed by atoms with van der Waals surface area (Å²) in [6.45, 7) is 0. The Kier molecular flexibility index (Phi) is 2.15. The summed E-state index contributed by atoms with van der Waals surface area (Å²) in [4.78, 5) is 0. The lowest BCUT2D eigenvalue weighted by molar-refractivity contribution is 0.138. The number of alkyl halides is 2. The molecular weight excluding hydrogens is 190 g/mol. The molecule has 1 aromatic heterocycles. The fourth-order valence-electron chi connectivity index (χ4n) is 1.35. The van der Waals surface area contributed by atoms with Gasteiger partial charge in [-0.2, -0.15) is 5.26 Å². The van der Waals surface area contributed by atoms with Crippen molar-refractivity contribution in [3.05, 3.63) is 11.4 Å². The van der Waals surface area contributed by atoms with Crippen LogP contribution in [0.2, 0.25) is 0 Å². The zero-order valence-corrected chi connectivity index (χ0v) is 7.32. The Hall–Kier alpha value is -1.51. The highest BCUT2D eigenvalue weighted by molar-refractivity contribution is 5.17.